The number of Topliss-reactive ketones (excluding diaryl/α,β-unsaturated/α-hetero) is 2. The Hall–Kier alpha value is -0.920. The second-order valence-corrected chi connectivity index (χ2v) is 12.6. The molecule has 0 aromatic rings. The molecule has 4 saturated carbocycles. The van der Waals surface area contributed by atoms with E-state index in [1.165, 1.54) is 32.1 Å². The highest BCUT2D eigenvalue weighted by atomic mass is 16.1. The van der Waals surface area contributed by atoms with E-state index in [1.54, 1.807) is 0 Å². The average molecular weight is 427 g/mol. The highest BCUT2D eigenvalue weighted by molar-refractivity contribution is 5.90. The Labute approximate surface area is 191 Å². The first-order valence-corrected chi connectivity index (χ1v) is 13.3. The molecular weight excluding hydrogens is 380 g/mol. The lowest BCUT2D eigenvalue weighted by Crippen LogP contribution is -2.56. The van der Waals surface area contributed by atoms with E-state index in [0.717, 1.165) is 18.8 Å². The fourth-order valence-corrected chi connectivity index (χ4v) is 9.02. The number of hydrogen-bond acceptors (Lipinski definition) is 2. The fourth-order valence-electron chi connectivity index (χ4n) is 9.02. The number of carbonyl (C=O) groups excluding carboxylic acids is 2. The molecule has 0 spiro atoms. The molecule has 0 saturated heterocycles. The first-order chi connectivity index (χ1) is 14.6. The van der Waals surface area contributed by atoms with Crippen LogP contribution in [0.1, 0.15) is 99.3 Å². The zero-order valence-electron chi connectivity index (χ0n) is 21.0. The minimum Gasteiger partial charge on any atom is -0.300 e. The molecule has 0 radical (unpaired) electrons. The summed E-state index contributed by atoms with van der Waals surface area (Å²) in [7, 11) is 0. The molecule has 4 aliphatic carbocycles. The Bertz CT molecular complexity index is 735. The molecule has 0 amide bonds. The molecule has 31 heavy (non-hydrogen) atoms. The molecule has 0 aromatic carbocycles. The number of rotatable bonds is 5. The van der Waals surface area contributed by atoms with Crippen molar-refractivity contribution in [2.24, 2.45) is 58.2 Å². The van der Waals surface area contributed by atoms with Crippen molar-refractivity contribution in [2.45, 2.75) is 99.3 Å². The van der Waals surface area contributed by atoms with Crippen molar-refractivity contribution in [3.8, 4) is 0 Å². The zero-order chi connectivity index (χ0) is 22.6. The van der Waals surface area contributed by atoms with E-state index in [4.69, 9.17) is 0 Å². The average Bonchev–Trinajstić information content (AvgIpc) is 3.07. The van der Waals surface area contributed by atoms with Gasteiger partial charge in [0, 0.05) is 25.2 Å². The van der Waals surface area contributed by atoms with E-state index in [-0.39, 0.29) is 11.3 Å². The standard InChI is InChI=1S/C29H46O2/c1-7-20(18(2)3)9-8-19(4)23-10-11-24-22-17-27(31)26-16-21(30)12-14-29(26,6)25(22)13-15-28(23,24)5/h8-9,18-20,22-26H,7,10-17H2,1-6H3/t19-,20-,22+,23-,24+,25+,26+,28-,29-/m1/s1. The Kier molecular flexibility index (Phi) is 6.34. The molecule has 4 aliphatic rings. The molecule has 4 rings (SSSR count). The predicted molar refractivity (Wildman–Crippen MR) is 128 cm³/mol. The van der Waals surface area contributed by atoms with Gasteiger partial charge in [0.25, 0.3) is 0 Å². The van der Waals surface area contributed by atoms with Crippen LogP contribution in [0, 0.1) is 58.2 Å². The molecule has 0 aromatic heterocycles. The van der Waals surface area contributed by atoms with E-state index in [9.17, 15) is 9.59 Å². The van der Waals surface area contributed by atoms with E-state index >= 15 is 0 Å². The van der Waals surface area contributed by atoms with Gasteiger partial charge in [-0.15, -0.1) is 0 Å². The fraction of sp³-hybridized carbons (Fsp3) is 0.862. The van der Waals surface area contributed by atoms with Crippen LogP contribution >= 0.6 is 0 Å². The van der Waals surface area contributed by atoms with Gasteiger partial charge in [-0.3, -0.25) is 9.59 Å². The van der Waals surface area contributed by atoms with Gasteiger partial charge in [0.2, 0.25) is 0 Å². The van der Waals surface area contributed by atoms with Crippen LogP contribution < -0.4 is 0 Å². The van der Waals surface area contributed by atoms with Gasteiger partial charge < -0.3 is 0 Å². The third kappa shape index (κ3) is 3.78. The van der Waals surface area contributed by atoms with Crippen LogP contribution in [0.3, 0.4) is 0 Å². The van der Waals surface area contributed by atoms with Gasteiger partial charge in [0.15, 0.2) is 0 Å². The van der Waals surface area contributed by atoms with Crippen molar-refractivity contribution < 1.29 is 9.59 Å². The third-order valence-electron chi connectivity index (χ3n) is 11.0. The van der Waals surface area contributed by atoms with Crippen molar-refractivity contribution in [3.05, 3.63) is 12.2 Å². The maximum absolute atomic E-state index is 13.3. The molecule has 174 valence electrons. The topological polar surface area (TPSA) is 34.1 Å². The van der Waals surface area contributed by atoms with Gasteiger partial charge in [0.05, 0.1) is 0 Å². The number of carbonyl (C=O) groups is 2. The van der Waals surface area contributed by atoms with E-state index in [1.807, 2.05) is 0 Å². The van der Waals surface area contributed by atoms with E-state index in [2.05, 4.69) is 53.7 Å². The number of fused-ring (bicyclic) bond motifs is 5. The Morgan fingerprint density at radius 3 is 2.32 bits per heavy atom. The lowest BCUT2D eigenvalue weighted by atomic mass is 9.44. The molecule has 2 heteroatoms. The molecule has 0 heterocycles. The second kappa shape index (κ2) is 8.45. The summed E-state index contributed by atoms with van der Waals surface area (Å²) in [6.07, 6.45) is 14.4. The maximum atomic E-state index is 13.3. The van der Waals surface area contributed by atoms with Crippen molar-refractivity contribution in [2.75, 3.05) is 0 Å². The van der Waals surface area contributed by atoms with Crippen molar-refractivity contribution >= 4 is 11.6 Å². The van der Waals surface area contributed by atoms with Crippen LogP contribution in [0.2, 0.25) is 0 Å². The lowest BCUT2D eigenvalue weighted by Gasteiger charge is -2.59. The van der Waals surface area contributed by atoms with Crippen LogP contribution in [-0.2, 0) is 9.59 Å². The molecule has 0 N–H and O–H groups in total. The van der Waals surface area contributed by atoms with Crippen LogP contribution in [0.25, 0.3) is 0 Å². The number of ketones is 2. The molecule has 2 nitrogen and oxygen atoms in total. The monoisotopic (exact) mass is 426 g/mol. The first kappa shape index (κ1) is 23.2. The van der Waals surface area contributed by atoms with Crippen molar-refractivity contribution in [1.29, 1.82) is 0 Å². The summed E-state index contributed by atoms with van der Waals surface area (Å²) in [4.78, 5) is 25.4. The highest BCUT2D eigenvalue weighted by Crippen LogP contribution is 2.67. The minimum atomic E-state index is 0.0143. The quantitative estimate of drug-likeness (QED) is 0.433. The first-order valence-electron chi connectivity index (χ1n) is 13.3. The summed E-state index contributed by atoms with van der Waals surface area (Å²) >= 11 is 0. The molecule has 0 bridgehead atoms. The van der Waals surface area contributed by atoms with Gasteiger partial charge in [-0.05, 0) is 90.8 Å². The molecule has 4 fully saturated rings. The summed E-state index contributed by atoms with van der Waals surface area (Å²) < 4.78 is 0. The molecule has 0 aliphatic heterocycles. The van der Waals surface area contributed by atoms with Gasteiger partial charge in [-0.1, -0.05) is 53.7 Å². The van der Waals surface area contributed by atoms with Crippen molar-refractivity contribution in [1.82, 2.24) is 0 Å². The van der Waals surface area contributed by atoms with Crippen LogP contribution in [0.15, 0.2) is 12.2 Å². The molecule has 9 atom stereocenters. The predicted octanol–water partition coefficient (Wildman–Crippen LogP) is 7.27. The number of hydrogen-bond donors (Lipinski definition) is 0. The summed E-state index contributed by atoms with van der Waals surface area (Å²) in [5.41, 5.74) is 0.447. The molecule has 0 unspecified atom stereocenters. The van der Waals surface area contributed by atoms with Gasteiger partial charge in [-0.25, -0.2) is 0 Å². The Morgan fingerprint density at radius 1 is 0.935 bits per heavy atom. The van der Waals surface area contributed by atoms with E-state index < -0.39 is 0 Å². The smallest absolute Gasteiger partial charge is 0.137 e. The largest absolute Gasteiger partial charge is 0.300 e. The normalized spacial score (nSPS) is 44.8. The third-order valence-corrected chi connectivity index (χ3v) is 11.0. The van der Waals surface area contributed by atoms with Crippen LogP contribution in [0.5, 0.6) is 0 Å². The SMILES string of the molecule is CC[C@H](C=C[C@@H](C)[C@H]1CC[C@H]2[C@@H]3CC(=O)[C@@H]4CC(=O)CC[C@]4(C)[C@H]3CC[C@]12C)C(C)C. The highest BCUT2D eigenvalue weighted by Gasteiger charge is 2.62. The van der Waals surface area contributed by atoms with Crippen LogP contribution in [0.4, 0.5) is 0 Å². The minimum absolute atomic E-state index is 0.0143. The van der Waals surface area contributed by atoms with Gasteiger partial charge in [0.1, 0.15) is 11.6 Å². The van der Waals surface area contributed by atoms with Crippen LogP contribution in [-0.4, -0.2) is 11.6 Å². The molecular formula is C29H46O2. The summed E-state index contributed by atoms with van der Waals surface area (Å²) in [5, 5.41) is 0. The second-order valence-electron chi connectivity index (χ2n) is 12.6. The Balaban J connectivity index is 1.54. The van der Waals surface area contributed by atoms with Crippen molar-refractivity contribution in [3.63, 3.8) is 0 Å². The van der Waals surface area contributed by atoms with E-state index in [0.29, 0.717) is 65.3 Å². The Morgan fingerprint density at radius 2 is 1.65 bits per heavy atom. The van der Waals surface area contributed by atoms with Gasteiger partial charge in [-0.2, -0.15) is 0 Å². The maximum Gasteiger partial charge on any atom is 0.137 e. The lowest BCUT2D eigenvalue weighted by molar-refractivity contribution is -0.158. The number of allylic oxidation sites excluding steroid dienone is 2. The zero-order valence-corrected chi connectivity index (χ0v) is 21.0. The summed E-state index contributed by atoms with van der Waals surface area (Å²) in [6.45, 7) is 14.4. The van der Waals surface area contributed by atoms with Gasteiger partial charge >= 0.3 is 0 Å². The summed E-state index contributed by atoms with van der Waals surface area (Å²) in [5.74, 6) is 5.41. The summed E-state index contributed by atoms with van der Waals surface area (Å²) in [6, 6.07) is 0.